The lowest BCUT2D eigenvalue weighted by Gasteiger charge is -2.26. The number of carbonyl (C=O) groups is 1. The average molecular weight is 332 g/mol. The highest BCUT2D eigenvalue weighted by Gasteiger charge is 2.33. The number of rotatable bonds is 10. The number of likely N-dealkylation sites (N-methyl/N-ethyl adjacent to an activating group) is 1. The van der Waals surface area contributed by atoms with Gasteiger partial charge >= 0.3 is 0 Å². The molecule has 0 spiro atoms. The smallest absolute Gasteiger partial charge is 0.220 e. The maximum atomic E-state index is 12.4. The van der Waals surface area contributed by atoms with Crippen molar-refractivity contribution in [1.82, 2.24) is 10.2 Å². The summed E-state index contributed by atoms with van der Waals surface area (Å²) in [6.45, 7) is 9.26. The van der Waals surface area contributed by atoms with E-state index in [-0.39, 0.29) is 5.91 Å². The summed E-state index contributed by atoms with van der Waals surface area (Å²) < 4.78 is 5.23. The third-order valence-corrected chi connectivity index (χ3v) is 5.17. The summed E-state index contributed by atoms with van der Waals surface area (Å²) in [4.78, 5) is 14.8. The molecule has 0 heterocycles. The summed E-state index contributed by atoms with van der Waals surface area (Å²) in [5, 5.41) is 3.13. The maximum absolute atomic E-state index is 12.4. The van der Waals surface area contributed by atoms with Crippen molar-refractivity contribution in [2.24, 2.45) is 5.92 Å². The average Bonchev–Trinajstić information content (AvgIpc) is 3.44. The topological polar surface area (TPSA) is 41.6 Å². The van der Waals surface area contributed by atoms with Crippen LogP contribution in [-0.2, 0) is 4.79 Å². The second kappa shape index (κ2) is 9.07. The third kappa shape index (κ3) is 5.23. The number of nitrogens with one attached hydrogen (secondary N) is 1. The van der Waals surface area contributed by atoms with Crippen LogP contribution in [0.1, 0.15) is 51.5 Å². The number of ether oxygens (including phenoxy) is 1. The molecular formula is C20H32N2O2. The van der Waals surface area contributed by atoms with E-state index < -0.39 is 0 Å². The zero-order valence-corrected chi connectivity index (χ0v) is 15.5. The molecule has 1 saturated carbocycles. The van der Waals surface area contributed by atoms with E-state index in [1.54, 1.807) is 7.11 Å². The molecule has 4 heteroatoms. The Balaban J connectivity index is 1.89. The first kappa shape index (κ1) is 18.8. The number of hydrogen-bond acceptors (Lipinski definition) is 3. The summed E-state index contributed by atoms with van der Waals surface area (Å²) in [5.74, 6) is 2.02. The first-order chi connectivity index (χ1) is 11.6. The molecule has 1 aromatic rings. The molecule has 0 aliphatic heterocycles. The van der Waals surface area contributed by atoms with E-state index in [1.165, 1.54) is 18.4 Å². The molecule has 2 atom stereocenters. The molecule has 0 saturated heterocycles. The fourth-order valence-corrected chi connectivity index (χ4v) is 3.42. The molecule has 1 amide bonds. The molecular weight excluding hydrogens is 300 g/mol. The van der Waals surface area contributed by atoms with Crippen LogP contribution in [0.2, 0.25) is 0 Å². The standard InChI is InChI=1S/C20H32N2O2/c1-5-22(6-2)15(3)14-21-20(23)13-19(16-7-8-16)17-9-11-18(24-4)12-10-17/h9-12,15-16,19H,5-8,13-14H2,1-4H3,(H,21,23). The van der Waals surface area contributed by atoms with Gasteiger partial charge in [0.2, 0.25) is 5.91 Å². The molecule has 1 aliphatic rings. The van der Waals surface area contributed by atoms with Crippen LogP contribution >= 0.6 is 0 Å². The Hall–Kier alpha value is -1.55. The van der Waals surface area contributed by atoms with Crippen molar-refractivity contribution in [1.29, 1.82) is 0 Å². The van der Waals surface area contributed by atoms with Gasteiger partial charge in [-0.05, 0) is 62.4 Å². The third-order valence-electron chi connectivity index (χ3n) is 5.17. The second-order valence-electron chi connectivity index (χ2n) is 6.80. The summed E-state index contributed by atoms with van der Waals surface area (Å²) in [6, 6.07) is 8.57. The van der Waals surface area contributed by atoms with E-state index in [0.717, 1.165) is 25.4 Å². The lowest BCUT2D eigenvalue weighted by Crippen LogP contribution is -2.42. The van der Waals surface area contributed by atoms with E-state index in [0.29, 0.717) is 24.3 Å². The molecule has 0 aromatic heterocycles. The van der Waals surface area contributed by atoms with Crippen molar-refractivity contribution in [3.05, 3.63) is 29.8 Å². The molecule has 0 radical (unpaired) electrons. The Morgan fingerprint density at radius 3 is 2.38 bits per heavy atom. The molecule has 1 aliphatic carbocycles. The van der Waals surface area contributed by atoms with Crippen molar-refractivity contribution < 1.29 is 9.53 Å². The van der Waals surface area contributed by atoms with Crippen molar-refractivity contribution >= 4 is 5.91 Å². The highest BCUT2D eigenvalue weighted by Crippen LogP contribution is 2.44. The van der Waals surface area contributed by atoms with Gasteiger partial charge in [0, 0.05) is 19.0 Å². The Morgan fingerprint density at radius 2 is 1.88 bits per heavy atom. The van der Waals surface area contributed by atoms with Gasteiger partial charge in [-0.15, -0.1) is 0 Å². The molecule has 134 valence electrons. The van der Waals surface area contributed by atoms with E-state index in [2.05, 4.69) is 43.1 Å². The van der Waals surface area contributed by atoms with Crippen LogP contribution in [0.15, 0.2) is 24.3 Å². The van der Waals surface area contributed by atoms with E-state index in [4.69, 9.17) is 4.74 Å². The van der Waals surface area contributed by atoms with Crippen LogP contribution < -0.4 is 10.1 Å². The molecule has 24 heavy (non-hydrogen) atoms. The maximum Gasteiger partial charge on any atom is 0.220 e. The summed E-state index contributed by atoms with van der Waals surface area (Å²) >= 11 is 0. The predicted octanol–water partition coefficient (Wildman–Crippen LogP) is 3.43. The minimum absolute atomic E-state index is 0.168. The first-order valence-corrected chi connectivity index (χ1v) is 9.23. The van der Waals surface area contributed by atoms with Crippen molar-refractivity contribution in [2.45, 2.75) is 52.0 Å². The molecule has 4 nitrogen and oxygen atoms in total. The van der Waals surface area contributed by atoms with Gasteiger partial charge in [0.15, 0.2) is 0 Å². The number of methoxy groups -OCH3 is 1. The first-order valence-electron chi connectivity index (χ1n) is 9.23. The minimum atomic E-state index is 0.168. The van der Waals surface area contributed by atoms with Gasteiger partial charge in [0.1, 0.15) is 5.75 Å². The molecule has 2 rings (SSSR count). The van der Waals surface area contributed by atoms with Gasteiger partial charge in [-0.25, -0.2) is 0 Å². The Kier molecular flexibility index (Phi) is 7.10. The molecule has 1 fully saturated rings. The predicted molar refractivity (Wildman–Crippen MR) is 98.5 cm³/mol. The highest BCUT2D eigenvalue weighted by atomic mass is 16.5. The van der Waals surface area contributed by atoms with E-state index in [1.807, 2.05) is 12.1 Å². The van der Waals surface area contributed by atoms with Gasteiger partial charge in [-0.3, -0.25) is 9.69 Å². The van der Waals surface area contributed by atoms with Crippen molar-refractivity contribution in [3.63, 3.8) is 0 Å². The summed E-state index contributed by atoms with van der Waals surface area (Å²) in [6.07, 6.45) is 3.06. The Morgan fingerprint density at radius 1 is 1.25 bits per heavy atom. The van der Waals surface area contributed by atoms with Gasteiger partial charge in [0.25, 0.3) is 0 Å². The highest BCUT2D eigenvalue weighted by molar-refractivity contribution is 5.77. The number of hydrogen-bond donors (Lipinski definition) is 1. The molecule has 1 aromatic carbocycles. The second-order valence-corrected chi connectivity index (χ2v) is 6.80. The van der Waals surface area contributed by atoms with Gasteiger partial charge in [-0.2, -0.15) is 0 Å². The zero-order valence-electron chi connectivity index (χ0n) is 15.5. The largest absolute Gasteiger partial charge is 0.497 e. The summed E-state index contributed by atoms with van der Waals surface area (Å²) in [5.41, 5.74) is 1.25. The summed E-state index contributed by atoms with van der Waals surface area (Å²) in [7, 11) is 1.68. The van der Waals surface area contributed by atoms with Crippen LogP contribution in [0.3, 0.4) is 0 Å². The molecule has 2 unspecified atom stereocenters. The quantitative estimate of drug-likeness (QED) is 0.714. The minimum Gasteiger partial charge on any atom is -0.497 e. The molecule has 0 bridgehead atoms. The van der Waals surface area contributed by atoms with E-state index >= 15 is 0 Å². The van der Waals surface area contributed by atoms with Crippen LogP contribution in [0.25, 0.3) is 0 Å². The van der Waals surface area contributed by atoms with Crippen LogP contribution in [0.5, 0.6) is 5.75 Å². The van der Waals surface area contributed by atoms with Crippen LogP contribution in [-0.4, -0.2) is 43.6 Å². The number of carbonyl (C=O) groups excluding carboxylic acids is 1. The van der Waals surface area contributed by atoms with Gasteiger partial charge in [-0.1, -0.05) is 26.0 Å². The van der Waals surface area contributed by atoms with E-state index in [9.17, 15) is 4.79 Å². The van der Waals surface area contributed by atoms with Crippen LogP contribution in [0.4, 0.5) is 0 Å². The normalized spacial score (nSPS) is 16.7. The fourth-order valence-electron chi connectivity index (χ4n) is 3.42. The number of nitrogens with zero attached hydrogens (tertiary/aromatic N) is 1. The monoisotopic (exact) mass is 332 g/mol. The lowest BCUT2D eigenvalue weighted by atomic mass is 9.90. The lowest BCUT2D eigenvalue weighted by molar-refractivity contribution is -0.121. The van der Waals surface area contributed by atoms with Crippen molar-refractivity contribution in [3.8, 4) is 5.75 Å². The Bertz CT molecular complexity index is 507. The molecule has 1 N–H and O–H groups in total. The van der Waals surface area contributed by atoms with Gasteiger partial charge in [0.05, 0.1) is 7.11 Å². The zero-order chi connectivity index (χ0) is 17.5. The van der Waals surface area contributed by atoms with Gasteiger partial charge < -0.3 is 10.1 Å². The Labute approximate surface area is 146 Å². The SMILES string of the molecule is CCN(CC)C(C)CNC(=O)CC(c1ccc(OC)cc1)C1CC1. The number of benzene rings is 1. The van der Waals surface area contributed by atoms with Crippen LogP contribution in [0, 0.1) is 5.92 Å². The van der Waals surface area contributed by atoms with Crippen molar-refractivity contribution in [2.75, 3.05) is 26.7 Å². The fraction of sp³-hybridized carbons (Fsp3) is 0.650. The number of amides is 1.